The summed E-state index contributed by atoms with van der Waals surface area (Å²) in [6.07, 6.45) is 2.12. The van der Waals surface area contributed by atoms with Crippen molar-refractivity contribution in [2.24, 2.45) is 0 Å². The fraction of sp³-hybridized carbons (Fsp3) is 0.111. The summed E-state index contributed by atoms with van der Waals surface area (Å²) in [5.74, 6) is 0. The molecule has 1 heterocycles. The maximum Gasteiger partial charge on any atom is 0.0354 e. The molecule has 0 atom stereocenters. The Morgan fingerprint density at radius 1 is 1.27 bits per heavy atom. The molecule has 1 aromatic heterocycles. The molecule has 0 aliphatic carbocycles. The van der Waals surface area contributed by atoms with Crippen LogP contribution in [0.2, 0.25) is 0 Å². The van der Waals surface area contributed by atoms with E-state index in [-0.39, 0.29) is 0 Å². The Balaban J connectivity index is 2.76. The van der Waals surface area contributed by atoms with Crippen molar-refractivity contribution in [3.05, 3.63) is 29.6 Å². The van der Waals surface area contributed by atoms with Gasteiger partial charge in [0.2, 0.25) is 0 Å². The molecule has 1 aromatic carbocycles. The van der Waals surface area contributed by atoms with Gasteiger partial charge < -0.3 is 0 Å². The van der Waals surface area contributed by atoms with Crippen LogP contribution in [0.25, 0.3) is 10.1 Å². The topological polar surface area (TPSA) is 0 Å². The summed E-state index contributed by atoms with van der Waals surface area (Å²) in [5, 5.41) is 3.61. The zero-order valence-electron chi connectivity index (χ0n) is 6.20. The van der Waals surface area contributed by atoms with Gasteiger partial charge in [-0.2, -0.15) is 0 Å². The van der Waals surface area contributed by atoms with Crippen LogP contribution in [0.3, 0.4) is 0 Å². The van der Waals surface area contributed by atoms with Crippen molar-refractivity contribution < 1.29 is 0 Å². The molecule has 0 aliphatic rings. The van der Waals surface area contributed by atoms with E-state index in [0.29, 0.717) is 0 Å². The highest BCUT2D eigenvalue weighted by Crippen LogP contribution is 2.31. The number of hydrogen-bond donors (Lipinski definition) is 0. The number of thiophene rings is 1. The van der Waals surface area contributed by atoms with E-state index in [1.807, 2.05) is 23.1 Å². The number of hydrogen-bond acceptors (Lipinski definition) is 2. The second kappa shape index (κ2) is 2.88. The van der Waals surface area contributed by atoms with Crippen LogP contribution in [0.15, 0.2) is 34.5 Å². The molecule has 2 aromatic rings. The van der Waals surface area contributed by atoms with Crippen LogP contribution in [0.1, 0.15) is 0 Å². The number of rotatable bonds is 1. The Morgan fingerprint density at radius 2 is 2.09 bits per heavy atom. The highest BCUT2D eigenvalue weighted by Gasteiger charge is 1.99. The van der Waals surface area contributed by atoms with Gasteiger partial charge >= 0.3 is 0 Å². The molecule has 0 N–H and O–H groups in total. The summed E-state index contributed by atoms with van der Waals surface area (Å²) >= 11 is 3.63. The zero-order valence-corrected chi connectivity index (χ0v) is 7.84. The predicted molar refractivity (Wildman–Crippen MR) is 53.6 cm³/mol. The number of thioether (sulfide) groups is 1. The molecule has 0 saturated carbocycles. The lowest BCUT2D eigenvalue weighted by Crippen LogP contribution is -1.63. The van der Waals surface area contributed by atoms with Crippen LogP contribution in [-0.2, 0) is 0 Å². The largest absolute Gasteiger partial charge is 0.143 e. The van der Waals surface area contributed by atoms with E-state index in [9.17, 15) is 0 Å². The standard InChI is InChI=1S/C9H8S2/c1-10-9-6-11-8-5-3-2-4-7(8)9/h2-6H,1H3. The molecule has 2 heteroatoms. The highest BCUT2D eigenvalue weighted by molar-refractivity contribution is 7.99. The molecule has 0 spiro atoms. The molecule has 0 amide bonds. The molecule has 0 nitrogen and oxygen atoms in total. The van der Waals surface area contributed by atoms with Crippen LogP contribution < -0.4 is 0 Å². The van der Waals surface area contributed by atoms with Crippen LogP contribution >= 0.6 is 23.1 Å². The van der Waals surface area contributed by atoms with Gasteiger partial charge in [-0.1, -0.05) is 18.2 Å². The summed E-state index contributed by atoms with van der Waals surface area (Å²) in [4.78, 5) is 1.39. The molecule has 0 bridgehead atoms. The van der Waals surface area contributed by atoms with Crippen molar-refractivity contribution in [2.45, 2.75) is 4.90 Å². The Morgan fingerprint density at radius 3 is 2.91 bits per heavy atom. The first-order valence-electron chi connectivity index (χ1n) is 3.42. The van der Waals surface area contributed by atoms with E-state index in [1.54, 1.807) is 0 Å². The molecule has 0 aliphatic heterocycles. The van der Waals surface area contributed by atoms with E-state index >= 15 is 0 Å². The lowest BCUT2D eigenvalue weighted by molar-refractivity contribution is 1.67. The van der Waals surface area contributed by atoms with Gasteiger partial charge in [-0.3, -0.25) is 0 Å². The van der Waals surface area contributed by atoms with Gasteiger partial charge in [0.15, 0.2) is 0 Å². The van der Waals surface area contributed by atoms with Crippen molar-refractivity contribution in [3.63, 3.8) is 0 Å². The zero-order chi connectivity index (χ0) is 7.68. The lowest BCUT2D eigenvalue weighted by Gasteiger charge is -1.90. The summed E-state index contributed by atoms with van der Waals surface area (Å²) in [5.41, 5.74) is 0. The van der Waals surface area contributed by atoms with Gasteiger partial charge in [-0.05, 0) is 12.3 Å². The minimum Gasteiger partial charge on any atom is -0.143 e. The average Bonchev–Trinajstić information content (AvgIpc) is 2.47. The van der Waals surface area contributed by atoms with Crippen LogP contribution in [0.5, 0.6) is 0 Å². The third-order valence-corrected chi connectivity index (χ3v) is 3.56. The molecule has 56 valence electrons. The first kappa shape index (κ1) is 7.19. The maximum absolute atomic E-state index is 2.22. The van der Waals surface area contributed by atoms with Crippen LogP contribution in [0, 0.1) is 0 Å². The molecule has 0 unspecified atom stereocenters. The second-order valence-corrected chi connectivity index (χ2v) is 4.06. The number of fused-ring (bicyclic) bond motifs is 1. The first-order chi connectivity index (χ1) is 5.42. The van der Waals surface area contributed by atoms with Gasteiger partial charge in [0.25, 0.3) is 0 Å². The molecular weight excluding hydrogens is 172 g/mol. The summed E-state index contributed by atoms with van der Waals surface area (Å²) in [6.45, 7) is 0. The van der Waals surface area contributed by atoms with E-state index < -0.39 is 0 Å². The van der Waals surface area contributed by atoms with Crippen LogP contribution in [0.4, 0.5) is 0 Å². The smallest absolute Gasteiger partial charge is 0.0354 e. The summed E-state index contributed by atoms with van der Waals surface area (Å²) in [6, 6.07) is 8.52. The molecule has 0 fully saturated rings. The van der Waals surface area contributed by atoms with Crippen molar-refractivity contribution in [2.75, 3.05) is 6.26 Å². The average molecular weight is 180 g/mol. The van der Waals surface area contributed by atoms with Gasteiger partial charge in [0.1, 0.15) is 0 Å². The van der Waals surface area contributed by atoms with Gasteiger partial charge in [-0.15, -0.1) is 23.1 Å². The predicted octanol–water partition coefficient (Wildman–Crippen LogP) is 3.62. The molecule has 0 radical (unpaired) electrons. The summed E-state index contributed by atoms with van der Waals surface area (Å²) in [7, 11) is 0. The molecular formula is C9H8S2. The maximum atomic E-state index is 2.22. The van der Waals surface area contributed by atoms with E-state index in [0.717, 1.165) is 0 Å². The van der Waals surface area contributed by atoms with Gasteiger partial charge in [0, 0.05) is 20.4 Å². The molecule has 2 rings (SSSR count). The van der Waals surface area contributed by atoms with Gasteiger partial charge in [0.05, 0.1) is 0 Å². The lowest BCUT2D eigenvalue weighted by atomic mass is 10.3. The minimum absolute atomic E-state index is 1.39. The first-order valence-corrected chi connectivity index (χ1v) is 5.52. The Labute approximate surface area is 74.2 Å². The Bertz CT molecular complexity index is 362. The fourth-order valence-corrected chi connectivity index (χ4v) is 2.93. The van der Waals surface area contributed by atoms with Crippen molar-refractivity contribution in [1.29, 1.82) is 0 Å². The molecule has 11 heavy (non-hydrogen) atoms. The van der Waals surface area contributed by atoms with Gasteiger partial charge in [-0.25, -0.2) is 0 Å². The monoisotopic (exact) mass is 180 g/mol. The van der Waals surface area contributed by atoms with Crippen molar-refractivity contribution >= 4 is 33.2 Å². The van der Waals surface area contributed by atoms with E-state index in [4.69, 9.17) is 0 Å². The third kappa shape index (κ3) is 1.17. The summed E-state index contributed by atoms with van der Waals surface area (Å²) < 4.78 is 1.39. The van der Waals surface area contributed by atoms with Crippen LogP contribution in [-0.4, -0.2) is 6.26 Å². The normalized spacial score (nSPS) is 10.6. The second-order valence-electron chi connectivity index (χ2n) is 2.30. The quantitative estimate of drug-likeness (QED) is 0.604. The fourth-order valence-electron chi connectivity index (χ4n) is 1.11. The Kier molecular flexibility index (Phi) is 1.88. The molecule has 0 saturated heterocycles. The highest BCUT2D eigenvalue weighted by atomic mass is 32.2. The van der Waals surface area contributed by atoms with Crippen molar-refractivity contribution in [1.82, 2.24) is 0 Å². The van der Waals surface area contributed by atoms with E-state index in [2.05, 4.69) is 35.9 Å². The van der Waals surface area contributed by atoms with Crippen molar-refractivity contribution in [3.8, 4) is 0 Å². The Hall–Kier alpha value is -0.470. The SMILES string of the molecule is CSc1csc2ccccc12. The van der Waals surface area contributed by atoms with E-state index in [1.165, 1.54) is 15.0 Å². The minimum atomic E-state index is 1.39. The number of benzene rings is 1. The third-order valence-electron chi connectivity index (χ3n) is 1.67.